The zero-order valence-corrected chi connectivity index (χ0v) is 8.70. The molecule has 2 rings (SSSR count). The lowest BCUT2D eigenvalue weighted by Gasteiger charge is -2.01. The van der Waals surface area contributed by atoms with Gasteiger partial charge in [-0.25, -0.2) is 9.97 Å². The number of amides is 1. The zero-order valence-electron chi connectivity index (χ0n) is 7.88. The van der Waals surface area contributed by atoms with Gasteiger partial charge in [-0.05, 0) is 28.5 Å². The van der Waals surface area contributed by atoms with Gasteiger partial charge in [0.25, 0.3) is 5.91 Å². The van der Waals surface area contributed by atoms with E-state index in [1.54, 1.807) is 23.6 Å². The van der Waals surface area contributed by atoms with Gasteiger partial charge in [-0.2, -0.15) is 11.3 Å². The molecular formula is C10H9N3OS. The molecule has 0 aliphatic carbocycles. The molecule has 1 amide bonds. The molecule has 0 saturated heterocycles. The maximum atomic E-state index is 11.5. The Hall–Kier alpha value is -1.75. The van der Waals surface area contributed by atoms with Gasteiger partial charge in [-0.15, -0.1) is 0 Å². The monoisotopic (exact) mass is 219 g/mol. The van der Waals surface area contributed by atoms with E-state index in [4.69, 9.17) is 0 Å². The van der Waals surface area contributed by atoms with Crippen molar-refractivity contribution in [2.24, 2.45) is 0 Å². The Balaban J connectivity index is 1.94. The third kappa shape index (κ3) is 2.60. The Morgan fingerprint density at radius 3 is 3.07 bits per heavy atom. The smallest absolute Gasteiger partial charge is 0.270 e. The molecule has 0 fully saturated rings. The minimum absolute atomic E-state index is 0.177. The van der Waals surface area contributed by atoms with Gasteiger partial charge in [0.1, 0.15) is 12.0 Å². The molecule has 0 bridgehead atoms. The van der Waals surface area contributed by atoms with E-state index in [0.717, 1.165) is 5.56 Å². The first-order valence-corrected chi connectivity index (χ1v) is 5.36. The van der Waals surface area contributed by atoms with Crippen LogP contribution in [-0.4, -0.2) is 15.9 Å². The summed E-state index contributed by atoms with van der Waals surface area (Å²) in [5, 5.41) is 6.76. The number of aromatic nitrogens is 2. The zero-order chi connectivity index (χ0) is 10.5. The Morgan fingerprint density at radius 2 is 2.40 bits per heavy atom. The minimum atomic E-state index is -0.177. The van der Waals surface area contributed by atoms with Gasteiger partial charge < -0.3 is 5.32 Å². The number of thiophene rings is 1. The summed E-state index contributed by atoms with van der Waals surface area (Å²) in [6.45, 7) is 0.534. The summed E-state index contributed by atoms with van der Waals surface area (Å²) in [4.78, 5) is 19.1. The van der Waals surface area contributed by atoms with Crippen molar-refractivity contribution >= 4 is 17.2 Å². The molecule has 0 radical (unpaired) electrons. The summed E-state index contributed by atoms with van der Waals surface area (Å²) < 4.78 is 0. The van der Waals surface area contributed by atoms with Crippen LogP contribution in [-0.2, 0) is 6.54 Å². The molecule has 0 atom stereocenters. The van der Waals surface area contributed by atoms with Crippen molar-refractivity contribution < 1.29 is 4.79 Å². The molecule has 0 aliphatic rings. The Labute approximate surface area is 91.0 Å². The molecule has 76 valence electrons. The molecule has 5 heteroatoms. The fraction of sp³-hybridized carbons (Fsp3) is 0.100. The number of nitrogens with one attached hydrogen (secondary N) is 1. The van der Waals surface area contributed by atoms with Gasteiger partial charge in [-0.3, -0.25) is 4.79 Å². The second kappa shape index (κ2) is 4.65. The van der Waals surface area contributed by atoms with Crippen LogP contribution in [0.1, 0.15) is 16.1 Å². The molecule has 4 nitrogen and oxygen atoms in total. The minimum Gasteiger partial charge on any atom is -0.347 e. The van der Waals surface area contributed by atoms with E-state index in [1.165, 1.54) is 6.33 Å². The second-order valence-electron chi connectivity index (χ2n) is 2.91. The number of carbonyl (C=O) groups excluding carboxylic acids is 1. The standard InChI is InChI=1S/C10H9N3OS/c14-10(9-1-3-11-7-13-9)12-5-8-2-4-15-6-8/h1-4,6-7H,5H2,(H,12,14). The summed E-state index contributed by atoms with van der Waals surface area (Å²) in [5.41, 5.74) is 1.49. The van der Waals surface area contributed by atoms with E-state index >= 15 is 0 Å². The Morgan fingerprint density at radius 1 is 1.47 bits per heavy atom. The van der Waals surface area contributed by atoms with E-state index in [1.807, 2.05) is 16.8 Å². The van der Waals surface area contributed by atoms with Crippen LogP contribution in [0.15, 0.2) is 35.4 Å². The molecule has 0 unspecified atom stereocenters. The molecule has 1 N–H and O–H groups in total. The quantitative estimate of drug-likeness (QED) is 0.850. The number of hydrogen-bond acceptors (Lipinski definition) is 4. The molecule has 0 aromatic carbocycles. The normalized spacial score (nSPS) is 9.87. The lowest BCUT2D eigenvalue weighted by molar-refractivity contribution is 0.0946. The average Bonchev–Trinajstić information content (AvgIpc) is 2.80. The molecule has 0 aliphatic heterocycles. The molecule has 2 aromatic heterocycles. The maximum Gasteiger partial charge on any atom is 0.270 e. The lowest BCUT2D eigenvalue weighted by atomic mass is 10.3. The van der Waals surface area contributed by atoms with Crippen molar-refractivity contribution in [3.8, 4) is 0 Å². The van der Waals surface area contributed by atoms with Crippen LogP contribution >= 0.6 is 11.3 Å². The van der Waals surface area contributed by atoms with Crippen molar-refractivity contribution in [3.63, 3.8) is 0 Å². The predicted molar refractivity (Wildman–Crippen MR) is 57.5 cm³/mol. The van der Waals surface area contributed by atoms with Crippen LogP contribution in [0, 0.1) is 0 Å². The molecule has 0 spiro atoms. The van der Waals surface area contributed by atoms with Crippen LogP contribution < -0.4 is 5.32 Å². The van der Waals surface area contributed by atoms with Gasteiger partial charge in [0.2, 0.25) is 0 Å². The van der Waals surface area contributed by atoms with Crippen LogP contribution in [0.2, 0.25) is 0 Å². The molecule has 2 heterocycles. The van der Waals surface area contributed by atoms with Crippen molar-refractivity contribution in [1.29, 1.82) is 0 Å². The first-order valence-electron chi connectivity index (χ1n) is 4.41. The highest BCUT2D eigenvalue weighted by atomic mass is 32.1. The van der Waals surface area contributed by atoms with Gasteiger partial charge in [-0.1, -0.05) is 0 Å². The molecule has 15 heavy (non-hydrogen) atoms. The largest absolute Gasteiger partial charge is 0.347 e. The van der Waals surface area contributed by atoms with Gasteiger partial charge in [0.15, 0.2) is 0 Å². The van der Waals surface area contributed by atoms with Crippen molar-refractivity contribution in [3.05, 3.63) is 46.7 Å². The van der Waals surface area contributed by atoms with E-state index in [-0.39, 0.29) is 5.91 Å². The van der Waals surface area contributed by atoms with E-state index in [2.05, 4.69) is 15.3 Å². The van der Waals surface area contributed by atoms with Crippen LogP contribution in [0.5, 0.6) is 0 Å². The highest BCUT2D eigenvalue weighted by Crippen LogP contribution is 2.05. The Kier molecular flexibility index (Phi) is 3.04. The third-order valence-electron chi connectivity index (χ3n) is 1.85. The van der Waals surface area contributed by atoms with Crippen LogP contribution in [0.4, 0.5) is 0 Å². The Bertz CT molecular complexity index is 427. The average molecular weight is 219 g/mol. The van der Waals surface area contributed by atoms with Gasteiger partial charge >= 0.3 is 0 Å². The number of rotatable bonds is 3. The van der Waals surface area contributed by atoms with Crippen LogP contribution in [0.25, 0.3) is 0 Å². The van der Waals surface area contributed by atoms with Crippen molar-refractivity contribution in [2.75, 3.05) is 0 Å². The topological polar surface area (TPSA) is 54.9 Å². The third-order valence-corrected chi connectivity index (χ3v) is 2.58. The fourth-order valence-corrected chi connectivity index (χ4v) is 1.76. The SMILES string of the molecule is O=C(NCc1ccsc1)c1ccncn1. The number of nitrogens with zero attached hydrogens (tertiary/aromatic N) is 2. The summed E-state index contributed by atoms with van der Waals surface area (Å²) in [5.74, 6) is -0.177. The first kappa shape index (κ1) is 9.79. The number of hydrogen-bond donors (Lipinski definition) is 1. The summed E-state index contributed by atoms with van der Waals surface area (Å²) >= 11 is 1.61. The van der Waals surface area contributed by atoms with E-state index in [0.29, 0.717) is 12.2 Å². The second-order valence-corrected chi connectivity index (χ2v) is 3.69. The predicted octanol–water partition coefficient (Wildman–Crippen LogP) is 1.47. The fourth-order valence-electron chi connectivity index (χ4n) is 1.09. The van der Waals surface area contributed by atoms with Gasteiger partial charge in [0, 0.05) is 12.7 Å². The lowest BCUT2D eigenvalue weighted by Crippen LogP contribution is -2.23. The molecular weight excluding hydrogens is 210 g/mol. The summed E-state index contributed by atoms with van der Waals surface area (Å²) in [6.07, 6.45) is 2.91. The van der Waals surface area contributed by atoms with Crippen LogP contribution in [0.3, 0.4) is 0 Å². The van der Waals surface area contributed by atoms with Crippen molar-refractivity contribution in [2.45, 2.75) is 6.54 Å². The maximum absolute atomic E-state index is 11.5. The number of carbonyl (C=O) groups is 1. The van der Waals surface area contributed by atoms with E-state index in [9.17, 15) is 4.79 Å². The molecule has 0 saturated carbocycles. The summed E-state index contributed by atoms with van der Waals surface area (Å²) in [7, 11) is 0. The first-order chi connectivity index (χ1) is 7.36. The summed E-state index contributed by atoms with van der Waals surface area (Å²) in [6, 6.07) is 3.56. The molecule has 2 aromatic rings. The van der Waals surface area contributed by atoms with Gasteiger partial charge in [0.05, 0.1) is 0 Å². The highest BCUT2D eigenvalue weighted by Gasteiger charge is 2.05. The van der Waals surface area contributed by atoms with E-state index < -0.39 is 0 Å². The van der Waals surface area contributed by atoms with Crippen molar-refractivity contribution in [1.82, 2.24) is 15.3 Å². The highest BCUT2D eigenvalue weighted by molar-refractivity contribution is 7.07.